The van der Waals surface area contributed by atoms with Gasteiger partial charge in [0.15, 0.2) is 0 Å². The van der Waals surface area contributed by atoms with Crippen molar-refractivity contribution in [2.75, 3.05) is 13.2 Å². The molecule has 2 nitrogen and oxygen atoms in total. The predicted octanol–water partition coefficient (Wildman–Crippen LogP) is 5.64. The lowest BCUT2D eigenvalue weighted by molar-refractivity contribution is 0.309. The van der Waals surface area contributed by atoms with Crippen molar-refractivity contribution >= 4 is 22.4 Å². The molecule has 0 aromatic heterocycles. The van der Waals surface area contributed by atoms with Crippen molar-refractivity contribution in [3.63, 3.8) is 0 Å². The monoisotopic (exact) mass is 330 g/mol. The van der Waals surface area contributed by atoms with Crippen LogP contribution >= 0.6 is 11.6 Å². The van der Waals surface area contributed by atoms with Crippen LogP contribution in [0.4, 0.5) is 0 Å². The molecule has 0 unspecified atom stereocenters. The quantitative estimate of drug-likeness (QED) is 0.682. The molecule has 0 radical (unpaired) electrons. The van der Waals surface area contributed by atoms with Crippen LogP contribution in [-0.2, 0) is 12.8 Å². The number of rotatable bonds is 6. The summed E-state index contributed by atoms with van der Waals surface area (Å²) >= 11 is 6.32. The van der Waals surface area contributed by atoms with Crippen molar-refractivity contribution in [1.29, 1.82) is 0 Å². The van der Waals surface area contributed by atoms with Crippen LogP contribution in [0.1, 0.15) is 37.8 Å². The van der Waals surface area contributed by atoms with E-state index in [9.17, 15) is 0 Å². The van der Waals surface area contributed by atoms with E-state index in [0.717, 1.165) is 59.6 Å². The van der Waals surface area contributed by atoms with E-state index >= 15 is 0 Å². The summed E-state index contributed by atoms with van der Waals surface area (Å²) in [6.07, 6.45) is 5.60. The third-order valence-corrected chi connectivity index (χ3v) is 4.39. The third-order valence-electron chi connectivity index (χ3n) is 4.10. The number of hydrogen-bond donors (Lipinski definition) is 0. The average Bonchev–Trinajstić information content (AvgIpc) is 2.58. The molecule has 0 saturated heterocycles. The van der Waals surface area contributed by atoms with Crippen molar-refractivity contribution in [2.24, 2.45) is 0 Å². The maximum absolute atomic E-state index is 6.32. The molecule has 2 aromatic rings. The molecule has 0 N–H and O–H groups in total. The fraction of sp³-hybridized carbons (Fsp3) is 0.400. The molecule has 1 aliphatic carbocycles. The second kappa shape index (κ2) is 7.27. The highest BCUT2D eigenvalue weighted by atomic mass is 35.5. The first kappa shape index (κ1) is 16.2. The van der Waals surface area contributed by atoms with Crippen LogP contribution in [0.5, 0.6) is 11.5 Å². The fourth-order valence-electron chi connectivity index (χ4n) is 3.07. The van der Waals surface area contributed by atoms with Gasteiger partial charge in [0.2, 0.25) is 0 Å². The standard InChI is InChI=1S/C20H23ClO2/c1-3-11-22-19-15-7-5-6-8-16(15)20(23-12-4-2)18-13-14(21)9-10-17(18)19/h5-9H,3-4,10-13H2,1-2H3. The predicted molar refractivity (Wildman–Crippen MR) is 96.9 cm³/mol. The van der Waals surface area contributed by atoms with E-state index in [1.54, 1.807) is 0 Å². The van der Waals surface area contributed by atoms with E-state index < -0.39 is 0 Å². The van der Waals surface area contributed by atoms with Gasteiger partial charge in [-0.15, -0.1) is 0 Å². The van der Waals surface area contributed by atoms with E-state index in [-0.39, 0.29) is 0 Å². The van der Waals surface area contributed by atoms with Crippen LogP contribution in [0.2, 0.25) is 0 Å². The second-order valence-corrected chi connectivity index (χ2v) is 6.38. The van der Waals surface area contributed by atoms with Gasteiger partial charge in [0.1, 0.15) is 11.5 Å². The largest absolute Gasteiger partial charge is 0.493 e. The highest BCUT2D eigenvalue weighted by Crippen LogP contribution is 2.44. The molecule has 0 bridgehead atoms. The van der Waals surface area contributed by atoms with Gasteiger partial charge in [-0.3, -0.25) is 0 Å². The minimum Gasteiger partial charge on any atom is -0.493 e. The highest BCUT2D eigenvalue weighted by Gasteiger charge is 2.23. The Balaban J connectivity index is 2.23. The van der Waals surface area contributed by atoms with Crippen LogP contribution in [0.3, 0.4) is 0 Å². The Morgan fingerprint density at radius 2 is 1.48 bits per heavy atom. The summed E-state index contributed by atoms with van der Waals surface area (Å²) in [7, 11) is 0. The van der Waals surface area contributed by atoms with Gasteiger partial charge in [-0.2, -0.15) is 0 Å². The molecule has 23 heavy (non-hydrogen) atoms. The van der Waals surface area contributed by atoms with Crippen LogP contribution in [0.25, 0.3) is 10.8 Å². The van der Waals surface area contributed by atoms with Gasteiger partial charge in [0, 0.05) is 33.4 Å². The number of fused-ring (bicyclic) bond motifs is 2. The van der Waals surface area contributed by atoms with E-state index in [4.69, 9.17) is 21.1 Å². The minimum atomic E-state index is 0.715. The third kappa shape index (κ3) is 3.18. The smallest absolute Gasteiger partial charge is 0.131 e. The van der Waals surface area contributed by atoms with Crippen molar-refractivity contribution in [3.05, 3.63) is 46.5 Å². The molecule has 0 atom stereocenters. The zero-order chi connectivity index (χ0) is 16.2. The van der Waals surface area contributed by atoms with E-state index in [2.05, 4.69) is 44.2 Å². The number of hydrogen-bond acceptors (Lipinski definition) is 2. The molecule has 0 spiro atoms. The zero-order valence-corrected chi connectivity index (χ0v) is 14.6. The average molecular weight is 331 g/mol. The van der Waals surface area contributed by atoms with Crippen LogP contribution < -0.4 is 9.47 Å². The molecule has 0 amide bonds. The minimum absolute atomic E-state index is 0.715. The summed E-state index contributed by atoms with van der Waals surface area (Å²) in [6, 6.07) is 8.35. The molecule has 2 aromatic carbocycles. The van der Waals surface area contributed by atoms with Crippen LogP contribution in [-0.4, -0.2) is 13.2 Å². The molecular weight excluding hydrogens is 308 g/mol. The first-order valence-corrected chi connectivity index (χ1v) is 8.80. The first-order chi connectivity index (χ1) is 11.3. The molecular formula is C20H23ClO2. The normalized spacial score (nSPS) is 13.6. The first-order valence-electron chi connectivity index (χ1n) is 8.42. The second-order valence-electron chi connectivity index (χ2n) is 5.89. The molecule has 1 aliphatic rings. The van der Waals surface area contributed by atoms with Crippen molar-refractivity contribution in [2.45, 2.75) is 39.5 Å². The van der Waals surface area contributed by atoms with Crippen molar-refractivity contribution in [1.82, 2.24) is 0 Å². The molecule has 0 heterocycles. The van der Waals surface area contributed by atoms with Gasteiger partial charge in [0.25, 0.3) is 0 Å². The molecule has 0 fully saturated rings. The summed E-state index contributed by atoms with van der Waals surface area (Å²) in [5.74, 6) is 1.98. The molecule has 0 aliphatic heterocycles. The maximum Gasteiger partial charge on any atom is 0.131 e. The van der Waals surface area contributed by atoms with Gasteiger partial charge in [0.05, 0.1) is 13.2 Å². The SMILES string of the molecule is CCCOc1c2c(c(OCCC)c3ccccc13)CC(Cl)=CC2. The highest BCUT2D eigenvalue weighted by molar-refractivity contribution is 6.30. The van der Waals surface area contributed by atoms with Gasteiger partial charge in [-0.05, 0) is 19.3 Å². The zero-order valence-electron chi connectivity index (χ0n) is 13.8. The van der Waals surface area contributed by atoms with E-state index in [1.807, 2.05) is 0 Å². The molecule has 3 heteroatoms. The fourth-order valence-corrected chi connectivity index (χ4v) is 3.28. The Labute approximate surface area is 143 Å². The lowest BCUT2D eigenvalue weighted by Crippen LogP contribution is -2.10. The Kier molecular flexibility index (Phi) is 5.12. The summed E-state index contributed by atoms with van der Waals surface area (Å²) < 4.78 is 12.3. The molecule has 0 saturated carbocycles. The Morgan fingerprint density at radius 3 is 2.04 bits per heavy atom. The van der Waals surface area contributed by atoms with Gasteiger partial charge < -0.3 is 9.47 Å². The topological polar surface area (TPSA) is 18.5 Å². The lowest BCUT2D eigenvalue weighted by Gasteiger charge is -2.24. The number of allylic oxidation sites excluding steroid dienone is 2. The van der Waals surface area contributed by atoms with Gasteiger partial charge in [-0.1, -0.05) is 55.8 Å². The van der Waals surface area contributed by atoms with Crippen LogP contribution in [0.15, 0.2) is 35.4 Å². The summed E-state index contributed by atoms with van der Waals surface area (Å²) in [6.45, 7) is 5.69. The Bertz CT molecular complexity index is 734. The van der Waals surface area contributed by atoms with Crippen molar-refractivity contribution in [3.8, 4) is 11.5 Å². The Morgan fingerprint density at radius 1 is 0.913 bits per heavy atom. The maximum atomic E-state index is 6.32. The van der Waals surface area contributed by atoms with E-state index in [1.165, 1.54) is 11.1 Å². The Hall–Kier alpha value is -1.67. The van der Waals surface area contributed by atoms with Gasteiger partial charge in [-0.25, -0.2) is 0 Å². The van der Waals surface area contributed by atoms with Gasteiger partial charge >= 0.3 is 0 Å². The van der Waals surface area contributed by atoms with Crippen molar-refractivity contribution < 1.29 is 9.47 Å². The van der Waals surface area contributed by atoms with Crippen LogP contribution in [0, 0.1) is 0 Å². The summed E-state index contributed by atoms with van der Waals surface area (Å²) in [4.78, 5) is 0. The number of halogens is 1. The molecule has 3 rings (SSSR count). The summed E-state index contributed by atoms with van der Waals surface area (Å²) in [5.41, 5.74) is 2.42. The van der Waals surface area contributed by atoms with E-state index in [0.29, 0.717) is 6.61 Å². The number of ether oxygens (including phenoxy) is 2. The summed E-state index contributed by atoms with van der Waals surface area (Å²) in [5, 5.41) is 3.14. The molecule has 122 valence electrons. The number of benzene rings is 2. The lowest BCUT2D eigenvalue weighted by atomic mass is 9.90.